The number of carbonyl (C=O) groups is 1. The molecule has 3 heteroatoms. The number of aryl methyl sites for hydroxylation is 2. The van der Waals surface area contributed by atoms with Crippen molar-refractivity contribution in [3.8, 4) is 0 Å². The predicted molar refractivity (Wildman–Crippen MR) is 75.3 cm³/mol. The molecule has 0 fully saturated rings. The standard InChI is InChI=1S/C15H24N2O/c1-12-5-4-6-13(9-12)7-8-14(18)17-11-15(2,3)10-16/h4-6,9H,7-8,10-11,16H2,1-3H3,(H,17,18). The van der Waals surface area contributed by atoms with E-state index in [0.717, 1.165) is 6.42 Å². The van der Waals surface area contributed by atoms with Crippen molar-refractivity contribution in [2.75, 3.05) is 13.1 Å². The van der Waals surface area contributed by atoms with Gasteiger partial charge in [-0.25, -0.2) is 0 Å². The Bertz CT molecular complexity index is 399. The molecular formula is C15H24N2O. The Morgan fingerprint density at radius 3 is 2.72 bits per heavy atom. The van der Waals surface area contributed by atoms with Crippen LogP contribution in [0.1, 0.15) is 31.4 Å². The Kier molecular flexibility index (Phi) is 5.35. The van der Waals surface area contributed by atoms with E-state index in [4.69, 9.17) is 5.73 Å². The van der Waals surface area contributed by atoms with Crippen molar-refractivity contribution < 1.29 is 4.79 Å². The number of nitrogens with two attached hydrogens (primary N) is 1. The largest absolute Gasteiger partial charge is 0.356 e. The van der Waals surface area contributed by atoms with Crippen LogP contribution in [-0.4, -0.2) is 19.0 Å². The molecule has 0 heterocycles. The van der Waals surface area contributed by atoms with E-state index in [2.05, 4.69) is 30.4 Å². The molecule has 3 N–H and O–H groups in total. The highest BCUT2D eigenvalue weighted by molar-refractivity contribution is 5.76. The van der Waals surface area contributed by atoms with E-state index in [9.17, 15) is 4.79 Å². The second-order valence-corrected chi connectivity index (χ2v) is 5.63. The molecule has 1 rings (SSSR count). The summed E-state index contributed by atoms with van der Waals surface area (Å²) in [6, 6.07) is 8.27. The fourth-order valence-electron chi connectivity index (χ4n) is 1.62. The third kappa shape index (κ3) is 5.32. The lowest BCUT2D eigenvalue weighted by molar-refractivity contribution is -0.121. The molecule has 0 unspecified atom stereocenters. The maximum atomic E-state index is 11.7. The molecule has 0 aliphatic heterocycles. The smallest absolute Gasteiger partial charge is 0.220 e. The van der Waals surface area contributed by atoms with Gasteiger partial charge in [0.15, 0.2) is 0 Å². The van der Waals surface area contributed by atoms with Gasteiger partial charge in [-0.1, -0.05) is 43.7 Å². The minimum absolute atomic E-state index is 0.0288. The van der Waals surface area contributed by atoms with Crippen LogP contribution in [0.25, 0.3) is 0 Å². The van der Waals surface area contributed by atoms with Crippen LogP contribution >= 0.6 is 0 Å². The van der Waals surface area contributed by atoms with Crippen molar-refractivity contribution >= 4 is 5.91 Å². The summed E-state index contributed by atoms with van der Waals surface area (Å²) in [7, 11) is 0. The third-order valence-corrected chi connectivity index (χ3v) is 3.04. The van der Waals surface area contributed by atoms with Gasteiger partial charge in [-0.2, -0.15) is 0 Å². The average molecular weight is 248 g/mol. The van der Waals surface area contributed by atoms with Gasteiger partial charge in [-0.05, 0) is 30.9 Å². The lowest BCUT2D eigenvalue weighted by atomic mass is 9.94. The van der Waals surface area contributed by atoms with Crippen LogP contribution in [0.5, 0.6) is 0 Å². The quantitative estimate of drug-likeness (QED) is 0.809. The van der Waals surface area contributed by atoms with Crippen molar-refractivity contribution in [2.24, 2.45) is 11.1 Å². The zero-order valence-electron chi connectivity index (χ0n) is 11.6. The van der Waals surface area contributed by atoms with E-state index in [0.29, 0.717) is 19.5 Å². The second-order valence-electron chi connectivity index (χ2n) is 5.63. The van der Waals surface area contributed by atoms with Gasteiger partial charge >= 0.3 is 0 Å². The van der Waals surface area contributed by atoms with E-state index >= 15 is 0 Å². The third-order valence-electron chi connectivity index (χ3n) is 3.04. The van der Waals surface area contributed by atoms with E-state index in [-0.39, 0.29) is 11.3 Å². The molecular weight excluding hydrogens is 224 g/mol. The Morgan fingerprint density at radius 2 is 2.11 bits per heavy atom. The number of nitrogens with one attached hydrogen (secondary N) is 1. The van der Waals surface area contributed by atoms with Crippen LogP contribution in [0, 0.1) is 12.3 Å². The first kappa shape index (κ1) is 14.7. The first-order valence-electron chi connectivity index (χ1n) is 6.45. The SMILES string of the molecule is Cc1cccc(CCC(=O)NCC(C)(C)CN)c1. The van der Waals surface area contributed by atoms with Crippen LogP contribution in [0.3, 0.4) is 0 Å². The summed E-state index contributed by atoms with van der Waals surface area (Å²) in [5.74, 6) is 0.0954. The van der Waals surface area contributed by atoms with E-state index < -0.39 is 0 Å². The zero-order chi connectivity index (χ0) is 13.6. The molecule has 0 bridgehead atoms. The molecule has 0 aliphatic rings. The minimum atomic E-state index is -0.0288. The average Bonchev–Trinajstić information content (AvgIpc) is 2.34. The first-order chi connectivity index (χ1) is 8.43. The van der Waals surface area contributed by atoms with Gasteiger partial charge in [0.2, 0.25) is 5.91 Å². The molecule has 3 nitrogen and oxygen atoms in total. The van der Waals surface area contributed by atoms with Crippen LogP contribution in [0.15, 0.2) is 24.3 Å². The van der Waals surface area contributed by atoms with E-state index in [1.807, 2.05) is 19.9 Å². The number of benzene rings is 1. The van der Waals surface area contributed by atoms with Crippen LogP contribution in [-0.2, 0) is 11.2 Å². The Labute approximate surface area is 110 Å². The summed E-state index contributed by atoms with van der Waals surface area (Å²) >= 11 is 0. The van der Waals surface area contributed by atoms with Crippen molar-refractivity contribution in [3.63, 3.8) is 0 Å². The van der Waals surface area contributed by atoms with Gasteiger partial charge < -0.3 is 11.1 Å². The van der Waals surface area contributed by atoms with E-state index in [1.165, 1.54) is 11.1 Å². The van der Waals surface area contributed by atoms with Crippen LogP contribution < -0.4 is 11.1 Å². The molecule has 0 saturated carbocycles. The zero-order valence-corrected chi connectivity index (χ0v) is 11.6. The number of hydrogen-bond donors (Lipinski definition) is 2. The number of amides is 1. The maximum Gasteiger partial charge on any atom is 0.220 e. The highest BCUT2D eigenvalue weighted by atomic mass is 16.1. The van der Waals surface area contributed by atoms with Gasteiger partial charge in [0.25, 0.3) is 0 Å². The summed E-state index contributed by atoms with van der Waals surface area (Å²) in [4.78, 5) is 11.7. The molecule has 0 aliphatic carbocycles. The van der Waals surface area contributed by atoms with Crippen molar-refractivity contribution in [1.82, 2.24) is 5.32 Å². The first-order valence-corrected chi connectivity index (χ1v) is 6.45. The Balaban J connectivity index is 2.34. The fraction of sp³-hybridized carbons (Fsp3) is 0.533. The number of rotatable bonds is 6. The van der Waals surface area contributed by atoms with Crippen molar-refractivity contribution in [2.45, 2.75) is 33.6 Å². The molecule has 1 aromatic carbocycles. The van der Waals surface area contributed by atoms with Gasteiger partial charge in [0, 0.05) is 13.0 Å². The number of hydrogen-bond acceptors (Lipinski definition) is 2. The molecule has 1 aromatic rings. The predicted octanol–water partition coefficient (Wildman–Crippen LogP) is 2.03. The normalized spacial score (nSPS) is 11.3. The highest BCUT2D eigenvalue weighted by Gasteiger charge is 2.16. The summed E-state index contributed by atoms with van der Waals surface area (Å²) in [5, 5.41) is 2.94. The van der Waals surface area contributed by atoms with Gasteiger partial charge in [0.1, 0.15) is 0 Å². The Hall–Kier alpha value is -1.35. The summed E-state index contributed by atoms with van der Waals surface area (Å²) in [6.45, 7) is 7.37. The van der Waals surface area contributed by atoms with E-state index in [1.54, 1.807) is 0 Å². The monoisotopic (exact) mass is 248 g/mol. The minimum Gasteiger partial charge on any atom is -0.356 e. The lowest BCUT2D eigenvalue weighted by Gasteiger charge is -2.22. The molecule has 0 spiro atoms. The van der Waals surface area contributed by atoms with Gasteiger partial charge in [-0.15, -0.1) is 0 Å². The van der Waals surface area contributed by atoms with Crippen molar-refractivity contribution in [1.29, 1.82) is 0 Å². The summed E-state index contributed by atoms with van der Waals surface area (Å²) < 4.78 is 0. The maximum absolute atomic E-state index is 11.7. The van der Waals surface area contributed by atoms with Gasteiger partial charge in [0.05, 0.1) is 0 Å². The van der Waals surface area contributed by atoms with Crippen LogP contribution in [0.2, 0.25) is 0 Å². The molecule has 0 aromatic heterocycles. The molecule has 0 radical (unpaired) electrons. The second kappa shape index (κ2) is 6.55. The number of carbonyl (C=O) groups excluding carboxylic acids is 1. The molecule has 100 valence electrons. The van der Waals surface area contributed by atoms with Crippen molar-refractivity contribution in [3.05, 3.63) is 35.4 Å². The molecule has 0 saturated heterocycles. The lowest BCUT2D eigenvalue weighted by Crippen LogP contribution is -2.38. The van der Waals surface area contributed by atoms with Gasteiger partial charge in [-0.3, -0.25) is 4.79 Å². The van der Waals surface area contributed by atoms with Crippen LogP contribution in [0.4, 0.5) is 0 Å². The molecule has 1 amide bonds. The summed E-state index contributed by atoms with van der Waals surface area (Å²) in [5.41, 5.74) is 8.04. The molecule has 0 atom stereocenters. The highest BCUT2D eigenvalue weighted by Crippen LogP contribution is 2.10. The molecule has 18 heavy (non-hydrogen) atoms. The topological polar surface area (TPSA) is 55.1 Å². The Morgan fingerprint density at radius 1 is 1.39 bits per heavy atom. The summed E-state index contributed by atoms with van der Waals surface area (Å²) in [6.07, 6.45) is 1.32. The fourth-order valence-corrected chi connectivity index (χ4v) is 1.62.